The molecule has 2 aliphatic rings. The molecule has 2 saturated heterocycles. The van der Waals surface area contributed by atoms with Crippen molar-refractivity contribution in [1.29, 1.82) is 0 Å². The maximum Gasteiger partial charge on any atom is 0.242 e. The molecule has 4 nitrogen and oxygen atoms in total. The number of benzene rings is 4. The lowest BCUT2D eigenvalue weighted by Gasteiger charge is -2.32. The van der Waals surface area contributed by atoms with Gasteiger partial charge in [0.2, 0.25) is 11.8 Å². The molecular formula is C36H34N2O2. The van der Waals surface area contributed by atoms with Crippen molar-refractivity contribution in [1.82, 2.24) is 9.80 Å². The molecule has 40 heavy (non-hydrogen) atoms. The van der Waals surface area contributed by atoms with Crippen molar-refractivity contribution in [2.75, 3.05) is 26.2 Å². The van der Waals surface area contributed by atoms with E-state index in [4.69, 9.17) is 0 Å². The van der Waals surface area contributed by atoms with Crippen molar-refractivity contribution >= 4 is 17.4 Å². The van der Waals surface area contributed by atoms with Crippen LogP contribution in [-0.2, 0) is 15.0 Å². The molecule has 0 aromatic heterocycles. The maximum atomic E-state index is 14.0. The van der Waals surface area contributed by atoms with Crippen molar-refractivity contribution in [3.05, 3.63) is 149 Å². The largest absolute Gasteiger partial charge is 0.341 e. The van der Waals surface area contributed by atoms with Gasteiger partial charge in [-0.1, -0.05) is 127 Å². The van der Waals surface area contributed by atoms with Gasteiger partial charge in [0.15, 0.2) is 0 Å². The highest BCUT2D eigenvalue weighted by Crippen LogP contribution is 2.42. The van der Waals surface area contributed by atoms with Crippen LogP contribution < -0.4 is 0 Å². The number of hydrogen-bond donors (Lipinski definition) is 0. The zero-order chi connectivity index (χ0) is 27.4. The van der Waals surface area contributed by atoms with Crippen molar-refractivity contribution in [3.8, 4) is 0 Å². The number of amides is 2. The zero-order valence-corrected chi connectivity index (χ0v) is 22.7. The SMILES string of the molecule is O=C(CN1CCC(c2ccccc2)(c2ccccc2)C1=O)N1CCC(=C(c2ccccc2)c2ccccc2)CC1. The van der Waals surface area contributed by atoms with E-state index in [1.165, 1.54) is 22.3 Å². The quantitative estimate of drug-likeness (QED) is 0.295. The van der Waals surface area contributed by atoms with Crippen LogP contribution in [0.3, 0.4) is 0 Å². The van der Waals surface area contributed by atoms with E-state index in [-0.39, 0.29) is 18.4 Å². The minimum absolute atomic E-state index is 0.0197. The first-order chi connectivity index (χ1) is 19.7. The summed E-state index contributed by atoms with van der Waals surface area (Å²) in [6.07, 6.45) is 2.32. The average Bonchev–Trinajstić information content (AvgIpc) is 3.35. The van der Waals surface area contributed by atoms with Gasteiger partial charge >= 0.3 is 0 Å². The van der Waals surface area contributed by atoms with Crippen LogP contribution in [0.2, 0.25) is 0 Å². The standard InChI is InChI=1S/C36H34N2O2/c39-33(27-38-26-23-36(35(38)40,31-17-9-3-10-18-31)32-19-11-4-12-20-32)37-24-21-30(22-25-37)34(28-13-5-1-6-14-28)29-15-7-2-8-16-29/h1-20H,21-27H2. The summed E-state index contributed by atoms with van der Waals surface area (Å²) in [4.78, 5) is 31.3. The Bertz CT molecular complexity index is 1410. The molecular weight excluding hydrogens is 492 g/mol. The molecule has 0 aliphatic carbocycles. The molecule has 0 radical (unpaired) electrons. The number of carbonyl (C=O) groups is 2. The fourth-order valence-electron chi connectivity index (χ4n) is 6.40. The molecule has 0 unspecified atom stereocenters. The summed E-state index contributed by atoms with van der Waals surface area (Å²) in [7, 11) is 0. The van der Waals surface area contributed by atoms with Gasteiger partial charge in [0.05, 0.1) is 6.54 Å². The molecule has 6 rings (SSSR count). The molecule has 0 spiro atoms. The number of carbonyl (C=O) groups excluding carboxylic acids is 2. The first-order valence-electron chi connectivity index (χ1n) is 14.2. The summed E-state index contributed by atoms with van der Waals surface area (Å²) < 4.78 is 0. The number of piperidine rings is 1. The third-order valence-electron chi connectivity index (χ3n) is 8.47. The van der Waals surface area contributed by atoms with E-state index in [0.29, 0.717) is 26.1 Å². The second kappa shape index (κ2) is 11.4. The van der Waals surface area contributed by atoms with Crippen LogP contribution in [0.1, 0.15) is 41.5 Å². The van der Waals surface area contributed by atoms with E-state index in [9.17, 15) is 9.59 Å². The lowest BCUT2D eigenvalue weighted by atomic mass is 9.73. The van der Waals surface area contributed by atoms with Crippen LogP contribution in [0.25, 0.3) is 5.57 Å². The zero-order valence-electron chi connectivity index (χ0n) is 22.7. The van der Waals surface area contributed by atoms with Crippen LogP contribution in [0.5, 0.6) is 0 Å². The van der Waals surface area contributed by atoms with Crippen molar-refractivity contribution < 1.29 is 9.59 Å². The van der Waals surface area contributed by atoms with Crippen LogP contribution in [0.15, 0.2) is 127 Å². The van der Waals surface area contributed by atoms with Gasteiger partial charge in [-0.15, -0.1) is 0 Å². The molecule has 2 heterocycles. The van der Waals surface area contributed by atoms with Gasteiger partial charge < -0.3 is 9.80 Å². The molecule has 0 bridgehead atoms. The van der Waals surface area contributed by atoms with Crippen molar-refractivity contribution in [2.24, 2.45) is 0 Å². The smallest absolute Gasteiger partial charge is 0.242 e. The summed E-state index contributed by atoms with van der Waals surface area (Å²) in [5.41, 5.74) is 6.31. The minimum Gasteiger partial charge on any atom is -0.341 e. The molecule has 4 aromatic carbocycles. The van der Waals surface area contributed by atoms with Gasteiger partial charge in [-0.3, -0.25) is 9.59 Å². The van der Waals surface area contributed by atoms with E-state index in [2.05, 4.69) is 48.5 Å². The second-order valence-electron chi connectivity index (χ2n) is 10.7. The molecule has 4 aromatic rings. The first-order valence-corrected chi connectivity index (χ1v) is 14.2. The van der Waals surface area contributed by atoms with Gasteiger partial charge in [0, 0.05) is 19.6 Å². The van der Waals surface area contributed by atoms with Crippen LogP contribution in [0.4, 0.5) is 0 Å². The Hall–Kier alpha value is -4.44. The van der Waals surface area contributed by atoms with E-state index in [1.54, 1.807) is 4.90 Å². The molecule has 2 fully saturated rings. The normalized spacial score (nSPS) is 16.7. The molecule has 200 valence electrons. The highest BCUT2D eigenvalue weighted by molar-refractivity contribution is 5.96. The molecule has 0 atom stereocenters. The fraction of sp³-hybridized carbons (Fsp3) is 0.222. The molecule has 2 aliphatic heterocycles. The Balaban J connectivity index is 1.19. The molecule has 0 N–H and O–H groups in total. The highest BCUT2D eigenvalue weighted by Gasteiger charge is 2.49. The average molecular weight is 527 g/mol. The summed E-state index contributed by atoms with van der Waals surface area (Å²) in [6.45, 7) is 2.03. The molecule has 2 amide bonds. The predicted molar refractivity (Wildman–Crippen MR) is 160 cm³/mol. The number of rotatable bonds is 6. The number of hydrogen-bond acceptors (Lipinski definition) is 2. The summed E-state index contributed by atoms with van der Waals surface area (Å²) in [5.74, 6) is 0.0524. The third-order valence-corrected chi connectivity index (χ3v) is 8.47. The van der Waals surface area contributed by atoms with Crippen LogP contribution >= 0.6 is 0 Å². The maximum absolute atomic E-state index is 14.0. The Morgan fingerprint density at radius 2 is 1.07 bits per heavy atom. The van der Waals surface area contributed by atoms with E-state index in [1.807, 2.05) is 77.7 Å². The van der Waals surface area contributed by atoms with Crippen molar-refractivity contribution in [2.45, 2.75) is 24.7 Å². The highest BCUT2D eigenvalue weighted by atomic mass is 16.2. The Labute approximate surface area is 236 Å². The third kappa shape index (κ3) is 4.86. The summed E-state index contributed by atoms with van der Waals surface area (Å²) >= 11 is 0. The predicted octanol–water partition coefficient (Wildman–Crippen LogP) is 6.33. The lowest BCUT2D eigenvalue weighted by Crippen LogP contribution is -2.46. The van der Waals surface area contributed by atoms with E-state index in [0.717, 1.165) is 24.0 Å². The van der Waals surface area contributed by atoms with Crippen LogP contribution in [0, 0.1) is 0 Å². The van der Waals surface area contributed by atoms with E-state index >= 15 is 0 Å². The molecule has 4 heteroatoms. The topological polar surface area (TPSA) is 40.6 Å². The fourth-order valence-corrected chi connectivity index (χ4v) is 6.40. The first kappa shape index (κ1) is 25.8. The van der Waals surface area contributed by atoms with Crippen LogP contribution in [-0.4, -0.2) is 47.8 Å². The summed E-state index contributed by atoms with van der Waals surface area (Å²) in [5, 5.41) is 0. The Morgan fingerprint density at radius 3 is 1.55 bits per heavy atom. The lowest BCUT2D eigenvalue weighted by molar-refractivity contribution is -0.140. The Kier molecular flexibility index (Phi) is 7.33. The van der Waals surface area contributed by atoms with Gasteiger partial charge in [0.1, 0.15) is 5.41 Å². The molecule has 0 saturated carbocycles. The number of likely N-dealkylation sites (tertiary alicyclic amines) is 2. The van der Waals surface area contributed by atoms with Gasteiger partial charge in [-0.25, -0.2) is 0 Å². The van der Waals surface area contributed by atoms with Gasteiger partial charge in [-0.2, -0.15) is 0 Å². The van der Waals surface area contributed by atoms with E-state index < -0.39 is 5.41 Å². The summed E-state index contributed by atoms with van der Waals surface area (Å²) in [6, 6.07) is 41.1. The second-order valence-corrected chi connectivity index (χ2v) is 10.7. The monoisotopic (exact) mass is 526 g/mol. The Morgan fingerprint density at radius 1 is 0.625 bits per heavy atom. The number of nitrogens with zero attached hydrogens (tertiary/aromatic N) is 2. The van der Waals surface area contributed by atoms with Crippen molar-refractivity contribution in [3.63, 3.8) is 0 Å². The minimum atomic E-state index is -0.749. The van der Waals surface area contributed by atoms with Gasteiger partial charge in [-0.05, 0) is 47.1 Å². The van der Waals surface area contributed by atoms with Gasteiger partial charge in [0.25, 0.3) is 0 Å².